The summed E-state index contributed by atoms with van der Waals surface area (Å²) < 4.78 is 0. The fraction of sp³-hybridized carbons (Fsp3) is 0.250. The Morgan fingerprint density at radius 3 is 2.61 bits per heavy atom. The standard InChI is InChI=1S/C16H16Cl2N2O2S/c1-8-9(2)23-16(13(8)15(19)22)20-12(21)7-6-10-4-3-5-11(17)14(10)18/h3-5H,6-7H2,1-2H3,(H2,19,22)(H,20,21). The highest BCUT2D eigenvalue weighted by Crippen LogP contribution is 2.32. The van der Waals surface area contributed by atoms with Crippen molar-refractivity contribution in [2.75, 3.05) is 5.32 Å². The van der Waals surface area contributed by atoms with Gasteiger partial charge in [-0.3, -0.25) is 9.59 Å². The number of nitrogens with one attached hydrogen (secondary N) is 1. The van der Waals surface area contributed by atoms with Gasteiger partial charge in [0.1, 0.15) is 5.00 Å². The van der Waals surface area contributed by atoms with Gasteiger partial charge in [-0.15, -0.1) is 11.3 Å². The van der Waals surface area contributed by atoms with Crippen molar-refractivity contribution in [3.05, 3.63) is 49.8 Å². The highest BCUT2D eigenvalue weighted by atomic mass is 35.5. The van der Waals surface area contributed by atoms with Gasteiger partial charge in [-0.05, 0) is 37.5 Å². The molecule has 122 valence electrons. The molecule has 7 heteroatoms. The minimum Gasteiger partial charge on any atom is -0.365 e. The maximum Gasteiger partial charge on any atom is 0.251 e. The van der Waals surface area contributed by atoms with Gasteiger partial charge in [0.2, 0.25) is 5.91 Å². The molecule has 1 heterocycles. The zero-order chi connectivity index (χ0) is 17.1. The van der Waals surface area contributed by atoms with E-state index in [4.69, 9.17) is 28.9 Å². The summed E-state index contributed by atoms with van der Waals surface area (Å²) >= 11 is 13.4. The van der Waals surface area contributed by atoms with Crippen LogP contribution in [0.15, 0.2) is 18.2 Å². The number of rotatable bonds is 5. The molecule has 0 unspecified atom stereocenters. The van der Waals surface area contributed by atoms with E-state index in [9.17, 15) is 9.59 Å². The SMILES string of the molecule is Cc1sc(NC(=O)CCc2cccc(Cl)c2Cl)c(C(N)=O)c1C. The number of primary amides is 1. The second-order valence-electron chi connectivity index (χ2n) is 5.11. The third kappa shape index (κ3) is 4.05. The average Bonchev–Trinajstić information content (AvgIpc) is 2.75. The maximum atomic E-state index is 12.1. The molecule has 0 bridgehead atoms. The summed E-state index contributed by atoms with van der Waals surface area (Å²) in [6, 6.07) is 5.32. The van der Waals surface area contributed by atoms with Crippen LogP contribution in [0, 0.1) is 13.8 Å². The van der Waals surface area contributed by atoms with Crippen LogP contribution in [0.2, 0.25) is 10.0 Å². The average molecular weight is 371 g/mol. The van der Waals surface area contributed by atoms with Crippen LogP contribution >= 0.6 is 34.5 Å². The third-order valence-corrected chi connectivity index (χ3v) is 5.52. The molecule has 2 rings (SSSR count). The fourth-order valence-corrected chi connectivity index (χ4v) is 3.69. The van der Waals surface area contributed by atoms with Crippen molar-refractivity contribution in [3.8, 4) is 0 Å². The van der Waals surface area contributed by atoms with E-state index >= 15 is 0 Å². The summed E-state index contributed by atoms with van der Waals surface area (Å²) in [4.78, 5) is 24.6. The lowest BCUT2D eigenvalue weighted by Crippen LogP contribution is -2.17. The van der Waals surface area contributed by atoms with E-state index in [0.717, 1.165) is 16.0 Å². The number of nitrogens with two attached hydrogens (primary N) is 1. The Hall–Kier alpha value is -1.56. The molecule has 2 amide bonds. The van der Waals surface area contributed by atoms with E-state index < -0.39 is 5.91 Å². The number of anilines is 1. The molecule has 1 aromatic heterocycles. The van der Waals surface area contributed by atoms with Crippen LogP contribution in [-0.4, -0.2) is 11.8 Å². The first kappa shape index (κ1) is 17.8. The summed E-state index contributed by atoms with van der Waals surface area (Å²) in [6.45, 7) is 3.70. The second kappa shape index (κ2) is 7.34. The van der Waals surface area contributed by atoms with Crippen molar-refractivity contribution >= 4 is 51.4 Å². The first-order valence-electron chi connectivity index (χ1n) is 6.93. The minimum absolute atomic E-state index is 0.204. The number of hydrogen-bond acceptors (Lipinski definition) is 3. The van der Waals surface area contributed by atoms with Gasteiger partial charge in [-0.2, -0.15) is 0 Å². The fourth-order valence-electron chi connectivity index (χ4n) is 2.19. The summed E-state index contributed by atoms with van der Waals surface area (Å²) in [6.07, 6.45) is 0.689. The van der Waals surface area contributed by atoms with Crippen LogP contribution in [-0.2, 0) is 11.2 Å². The summed E-state index contributed by atoms with van der Waals surface area (Å²) in [5.41, 5.74) is 7.38. The molecule has 2 aromatic rings. The van der Waals surface area contributed by atoms with Crippen molar-refractivity contribution in [1.82, 2.24) is 0 Å². The van der Waals surface area contributed by atoms with Gasteiger partial charge in [0.25, 0.3) is 5.91 Å². The van der Waals surface area contributed by atoms with Crippen molar-refractivity contribution in [2.45, 2.75) is 26.7 Å². The van der Waals surface area contributed by atoms with Crippen molar-refractivity contribution in [2.24, 2.45) is 5.73 Å². The van der Waals surface area contributed by atoms with Crippen LogP contribution in [0.25, 0.3) is 0 Å². The smallest absolute Gasteiger partial charge is 0.251 e. The molecule has 0 atom stereocenters. The van der Waals surface area contributed by atoms with Crippen LogP contribution in [0.1, 0.15) is 32.8 Å². The molecule has 0 aliphatic carbocycles. The molecule has 0 saturated carbocycles. The minimum atomic E-state index is -0.542. The number of carbonyl (C=O) groups is 2. The van der Waals surface area contributed by atoms with Gasteiger partial charge >= 0.3 is 0 Å². The second-order valence-corrected chi connectivity index (χ2v) is 7.12. The summed E-state index contributed by atoms with van der Waals surface area (Å²) in [5, 5.41) is 4.18. The highest BCUT2D eigenvalue weighted by Gasteiger charge is 2.19. The predicted octanol–water partition coefficient (Wildman–Crippen LogP) is 4.34. The Labute approximate surface area is 148 Å². The Kier molecular flexibility index (Phi) is 5.68. The number of amides is 2. The first-order chi connectivity index (χ1) is 10.8. The molecular weight excluding hydrogens is 355 g/mol. The normalized spacial score (nSPS) is 10.6. The molecule has 0 aliphatic rings. The predicted molar refractivity (Wildman–Crippen MR) is 95.7 cm³/mol. The van der Waals surface area contributed by atoms with Gasteiger partial charge in [-0.1, -0.05) is 35.3 Å². The summed E-state index contributed by atoms with van der Waals surface area (Å²) in [7, 11) is 0. The van der Waals surface area contributed by atoms with Crippen LogP contribution in [0.3, 0.4) is 0 Å². The lowest BCUT2D eigenvalue weighted by Gasteiger charge is -2.07. The number of thiophene rings is 1. The number of hydrogen-bond donors (Lipinski definition) is 2. The van der Waals surface area contributed by atoms with E-state index in [1.165, 1.54) is 11.3 Å². The largest absolute Gasteiger partial charge is 0.365 e. The monoisotopic (exact) mass is 370 g/mol. The molecule has 4 nitrogen and oxygen atoms in total. The molecular formula is C16H16Cl2N2O2S. The van der Waals surface area contributed by atoms with Gasteiger partial charge in [0, 0.05) is 11.3 Å². The Morgan fingerprint density at radius 2 is 1.96 bits per heavy atom. The molecule has 0 aliphatic heterocycles. The van der Waals surface area contributed by atoms with E-state index in [-0.39, 0.29) is 12.3 Å². The molecule has 0 spiro atoms. The van der Waals surface area contributed by atoms with Crippen LogP contribution < -0.4 is 11.1 Å². The van der Waals surface area contributed by atoms with Gasteiger partial charge in [0.05, 0.1) is 15.6 Å². The maximum absolute atomic E-state index is 12.1. The number of benzene rings is 1. The first-order valence-corrected chi connectivity index (χ1v) is 8.51. The highest BCUT2D eigenvalue weighted by molar-refractivity contribution is 7.16. The molecule has 23 heavy (non-hydrogen) atoms. The van der Waals surface area contributed by atoms with Crippen molar-refractivity contribution in [1.29, 1.82) is 0 Å². The van der Waals surface area contributed by atoms with E-state index in [1.807, 2.05) is 19.9 Å². The Morgan fingerprint density at radius 1 is 1.26 bits per heavy atom. The number of aryl methyl sites for hydroxylation is 2. The number of halogens is 2. The van der Waals surface area contributed by atoms with E-state index in [1.54, 1.807) is 12.1 Å². The molecule has 3 N–H and O–H groups in total. The zero-order valence-electron chi connectivity index (χ0n) is 12.7. The van der Waals surface area contributed by atoms with E-state index in [2.05, 4.69) is 5.32 Å². The lowest BCUT2D eigenvalue weighted by atomic mass is 10.1. The Bertz CT molecular complexity index is 772. The third-order valence-electron chi connectivity index (χ3n) is 3.54. The van der Waals surface area contributed by atoms with E-state index in [0.29, 0.717) is 27.0 Å². The van der Waals surface area contributed by atoms with Gasteiger partial charge in [-0.25, -0.2) is 0 Å². The van der Waals surface area contributed by atoms with Crippen LogP contribution in [0.4, 0.5) is 5.00 Å². The quantitative estimate of drug-likeness (QED) is 0.821. The van der Waals surface area contributed by atoms with Gasteiger partial charge < -0.3 is 11.1 Å². The molecule has 0 saturated heterocycles. The molecule has 1 aromatic carbocycles. The topological polar surface area (TPSA) is 72.2 Å². The van der Waals surface area contributed by atoms with Crippen molar-refractivity contribution < 1.29 is 9.59 Å². The van der Waals surface area contributed by atoms with Crippen LogP contribution in [0.5, 0.6) is 0 Å². The zero-order valence-corrected chi connectivity index (χ0v) is 15.0. The number of carbonyl (C=O) groups excluding carboxylic acids is 2. The Balaban J connectivity index is 2.07. The van der Waals surface area contributed by atoms with Gasteiger partial charge in [0.15, 0.2) is 0 Å². The molecule has 0 fully saturated rings. The van der Waals surface area contributed by atoms with Crippen molar-refractivity contribution in [3.63, 3.8) is 0 Å². The lowest BCUT2D eigenvalue weighted by molar-refractivity contribution is -0.116. The molecule has 0 radical (unpaired) electrons. The summed E-state index contributed by atoms with van der Waals surface area (Å²) in [5.74, 6) is -0.746.